The summed E-state index contributed by atoms with van der Waals surface area (Å²) in [5.41, 5.74) is 2.20. The maximum atomic E-state index is 14.8. The third-order valence-electron chi connectivity index (χ3n) is 6.81. The maximum absolute atomic E-state index is 14.8. The first-order valence-electron chi connectivity index (χ1n) is 14.1. The Morgan fingerprint density at radius 1 is 0.875 bits per heavy atom. The molecular formula is C33H41FN2O4. The van der Waals surface area contributed by atoms with E-state index in [1.54, 1.807) is 18.2 Å². The Kier molecular flexibility index (Phi) is 12.0. The van der Waals surface area contributed by atoms with E-state index in [4.69, 9.17) is 9.47 Å². The van der Waals surface area contributed by atoms with Gasteiger partial charge in [-0.1, -0.05) is 61.5 Å². The van der Waals surface area contributed by atoms with Gasteiger partial charge in [-0.05, 0) is 62.9 Å². The summed E-state index contributed by atoms with van der Waals surface area (Å²) in [5.74, 6) is 0.407. The number of ether oxygens (including phenoxy) is 2. The fourth-order valence-corrected chi connectivity index (χ4v) is 4.45. The van der Waals surface area contributed by atoms with E-state index < -0.39 is 11.9 Å². The predicted octanol–water partition coefficient (Wildman–Crippen LogP) is 6.11. The van der Waals surface area contributed by atoms with Gasteiger partial charge in [-0.2, -0.15) is 0 Å². The number of aryl methyl sites for hydroxylation is 1. The molecule has 0 aliphatic carbocycles. The minimum Gasteiger partial charge on any atom is -0.490 e. The molecule has 3 aromatic carbocycles. The molecule has 0 fully saturated rings. The molecule has 0 heterocycles. The van der Waals surface area contributed by atoms with E-state index >= 15 is 0 Å². The van der Waals surface area contributed by atoms with Crippen molar-refractivity contribution in [3.8, 4) is 11.5 Å². The lowest BCUT2D eigenvalue weighted by molar-refractivity contribution is -0.141. The molecule has 0 radical (unpaired) electrons. The second kappa shape index (κ2) is 15.7. The molecule has 3 rings (SSSR count). The van der Waals surface area contributed by atoms with E-state index in [1.807, 2.05) is 76.2 Å². The number of nitrogens with one attached hydrogen (secondary N) is 1. The molecule has 40 heavy (non-hydrogen) atoms. The summed E-state index contributed by atoms with van der Waals surface area (Å²) in [6, 6.07) is 20.8. The van der Waals surface area contributed by atoms with Crippen LogP contribution in [0, 0.1) is 5.82 Å². The van der Waals surface area contributed by atoms with Crippen LogP contribution in [0.2, 0.25) is 0 Å². The number of hydrogen-bond acceptors (Lipinski definition) is 4. The highest BCUT2D eigenvalue weighted by atomic mass is 19.1. The summed E-state index contributed by atoms with van der Waals surface area (Å²) in [7, 11) is 0. The van der Waals surface area contributed by atoms with Gasteiger partial charge in [-0.15, -0.1) is 0 Å². The van der Waals surface area contributed by atoms with Gasteiger partial charge >= 0.3 is 0 Å². The van der Waals surface area contributed by atoms with Gasteiger partial charge in [0.2, 0.25) is 11.8 Å². The summed E-state index contributed by atoms with van der Waals surface area (Å²) in [6.45, 7) is 8.74. The first kappa shape index (κ1) is 30.7. The van der Waals surface area contributed by atoms with Gasteiger partial charge in [-0.25, -0.2) is 4.39 Å². The number of carbonyl (C=O) groups excluding carboxylic acids is 2. The Labute approximate surface area is 237 Å². The number of benzene rings is 3. The van der Waals surface area contributed by atoms with Crippen molar-refractivity contribution in [2.45, 2.75) is 72.0 Å². The molecule has 0 unspecified atom stereocenters. The number of amides is 2. The van der Waals surface area contributed by atoms with Gasteiger partial charge in [0, 0.05) is 31.0 Å². The number of rotatable bonds is 15. The minimum absolute atomic E-state index is 0.00952. The third-order valence-corrected chi connectivity index (χ3v) is 6.81. The van der Waals surface area contributed by atoms with Crippen LogP contribution in [0.3, 0.4) is 0 Å². The summed E-state index contributed by atoms with van der Waals surface area (Å²) in [4.78, 5) is 29.0. The van der Waals surface area contributed by atoms with E-state index in [0.29, 0.717) is 43.1 Å². The van der Waals surface area contributed by atoms with Crippen LogP contribution in [-0.4, -0.2) is 42.0 Å². The Morgan fingerprint density at radius 3 is 2.23 bits per heavy atom. The lowest BCUT2D eigenvalue weighted by Crippen LogP contribution is -2.52. The average Bonchev–Trinajstić information content (AvgIpc) is 2.96. The molecule has 3 aromatic rings. The van der Waals surface area contributed by atoms with Crippen LogP contribution < -0.4 is 14.8 Å². The standard InChI is InChI=1S/C33H41FN2O4/c1-5-24(4)35-33(38)29(21-25-13-9-8-10-14-25)36(23-27-15-11-12-16-28(27)34)32(37)20-18-26-17-19-30(39-6-2)31(22-26)40-7-3/h8-17,19,22,24,29H,5-7,18,20-21,23H2,1-4H3,(H,35,38)/t24-,29+/m0/s1. The Morgan fingerprint density at radius 2 is 1.55 bits per heavy atom. The fourth-order valence-electron chi connectivity index (χ4n) is 4.45. The number of carbonyl (C=O) groups is 2. The summed E-state index contributed by atoms with van der Waals surface area (Å²) in [5, 5.41) is 3.04. The van der Waals surface area contributed by atoms with Crippen LogP contribution in [0.4, 0.5) is 4.39 Å². The fraction of sp³-hybridized carbons (Fsp3) is 0.394. The Bertz CT molecular complexity index is 1230. The lowest BCUT2D eigenvalue weighted by Gasteiger charge is -2.32. The highest BCUT2D eigenvalue weighted by molar-refractivity contribution is 5.88. The lowest BCUT2D eigenvalue weighted by atomic mass is 10.0. The van der Waals surface area contributed by atoms with Gasteiger partial charge < -0.3 is 19.7 Å². The Hall–Kier alpha value is -3.87. The highest BCUT2D eigenvalue weighted by Crippen LogP contribution is 2.29. The topological polar surface area (TPSA) is 67.9 Å². The molecule has 2 atom stereocenters. The molecule has 0 spiro atoms. The molecule has 0 aliphatic rings. The largest absolute Gasteiger partial charge is 0.490 e. The van der Waals surface area contributed by atoms with Crippen molar-refractivity contribution in [3.05, 3.63) is 95.3 Å². The monoisotopic (exact) mass is 548 g/mol. The third kappa shape index (κ3) is 8.83. The minimum atomic E-state index is -0.803. The summed E-state index contributed by atoms with van der Waals surface area (Å²) >= 11 is 0. The van der Waals surface area contributed by atoms with Crippen molar-refractivity contribution in [1.29, 1.82) is 0 Å². The summed E-state index contributed by atoms with van der Waals surface area (Å²) < 4.78 is 26.2. The highest BCUT2D eigenvalue weighted by Gasteiger charge is 2.31. The average molecular weight is 549 g/mol. The zero-order valence-corrected chi connectivity index (χ0v) is 24.0. The van der Waals surface area contributed by atoms with Gasteiger partial charge in [0.15, 0.2) is 11.5 Å². The van der Waals surface area contributed by atoms with Gasteiger partial charge in [0.1, 0.15) is 11.9 Å². The number of hydrogen-bond donors (Lipinski definition) is 1. The van der Waals surface area contributed by atoms with Crippen LogP contribution in [-0.2, 0) is 29.0 Å². The van der Waals surface area contributed by atoms with Crippen LogP contribution in [0.15, 0.2) is 72.8 Å². The molecule has 0 saturated carbocycles. The predicted molar refractivity (Wildman–Crippen MR) is 156 cm³/mol. The van der Waals surface area contributed by atoms with Crippen molar-refractivity contribution in [3.63, 3.8) is 0 Å². The second-order valence-electron chi connectivity index (χ2n) is 9.78. The van der Waals surface area contributed by atoms with Gasteiger partial charge in [0.05, 0.1) is 13.2 Å². The van der Waals surface area contributed by atoms with Crippen LogP contribution in [0.1, 0.15) is 57.2 Å². The molecule has 0 bridgehead atoms. The SMILES string of the molecule is CCOc1ccc(CCC(=O)N(Cc2ccccc2F)[C@H](Cc2ccccc2)C(=O)N[C@@H](C)CC)cc1OCC. The normalized spacial score (nSPS) is 12.3. The van der Waals surface area contributed by atoms with Gasteiger partial charge in [0.25, 0.3) is 0 Å². The molecule has 0 saturated heterocycles. The number of halogens is 1. The molecule has 0 aromatic heterocycles. The molecule has 0 aliphatic heterocycles. The smallest absolute Gasteiger partial charge is 0.243 e. The van der Waals surface area contributed by atoms with Crippen LogP contribution >= 0.6 is 0 Å². The van der Waals surface area contributed by atoms with Crippen molar-refractivity contribution in [2.75, 3.05) is 13.2 Å². The van der Waals surface area contributed by atoms with E-state index in [-0.39, 0.29) is 30.8 Å². The summed E-state index contributed by atoms with van der Waals surface area (Å²) in [6.07, 6.45) is 1.66. The van der Waals surface area contributed by atoms with Crippen LogP contribution in [0.5, 0.6) is 11.5 Å². The van der Waals surface area contributed by atoms with Crippen LogP contribution in [0.25, 0.3) is 0 Å². The van der Waals surface area contributed by atoms with E-state index in [0.717, 1.165) is 17.5 Å². The molecular weight excluding hydrogens is 507 g/mol. The second-order valence-corrected chi connectivity index (χ2v) is 9.78. The van der Waals surface area contributed by atoms with Crippen molar-refractivity contribution < 1.29 is 23.5 Å². The van der Waals surface area contributed by atoms with Crippen molar-refractivity contribution in [2.24, 2.45) is 0 Å². The molecule has 1 N–H and O–H groups in total. The number of nitrogens with zero attached hydrogens (tertiary/aromatic N) is 1. The zero-order chi connectivity index (χ0) is 28.9. The van der Waals surface area contributed by atoms with E-state index in [9.17, 15) is 14.0 Å². The zero-order valence-electron chi connectivity index (χ0n) is 24.0. The molecule has 7 heteroatoms. The molecule has 6 nitrogen and oxygen atoms in total. The maximum Gasteiger partial charge on any atom is 0.243 e. The van der Waals surface area contributed by atoms with E-state index in [1.165, 1.54) is 11.0 Å². The van der Waals surface area contributed by atoms with Gasteiger partial charge in [-0.3, -0.25) is 9.59 Å². The van der Waals surface area contributed by atoms with Crippen molar-refractivity contribution in [1.82, 2.24) is 10.2 Å². The quantitative estimate of drug-likeness (QED) is 0.249. The molecule has 2 amide bonds. The molecule has 214 valence electrons. The van der Waals surface area contributed by atoms with Crippen molar-refractivity contribution >= 4 is 11.8 Å². The first-order chi connectivity index (χ1) is 19.4. The Balaban J connectivity index is 1.91. The van der Waals surface area contributed by atoms with E-state index in [2.05, 4.69) is 5.32 Å². The first-order valence-corrected chi connectivity index (χ1v) is 14.1.